The van der Waals surface area contributed by atoms with Crippen LogP contribution in [0.1, 0.15) is 76.1 Å². The van der Waals surface area contributed by atoms with Crippen molar-refractivity contribution < 1.29 is 23.9 Å². The highest BCUT2D eigenvalue weighted by Crippen LogP contribution is 2.36. The van der Waals surface area contributed by atoms with Gasteiger partial charge in [0.05, 0.1) is 0 Å². The van der Waals surface area contributed by atoms with E-state index in [4.69, 9.17) is 9.47 Å². The summed E-state index contributed by atoms with van der Waals surface area (Å²) in [5.74, 6) is 0.231. The summed E-state index contributed by atoms with van der Waals surface area (Å²) in [5, 5.41) is 9.72. The average Bonchev–Trinajstić information content (AvgIpc) is 3.28. The van der Waals surface area contributed by atoms with Crippen LogP contribution in [0.4, 0.5) is 15.3 Å². The van der Waals surface area contributed by atoms with Crippen LogP contribution >= 0.6 is 0 Å². The number of aryl methyl sites for hydroxylation is 2. The summed E-state index contributed by atoms with van der Waals surface area (Å²) in [5.41, 5.74) is 4.74. The van der Waals surface area contributed by atoms with Gasteiger partial charge in [0.2, 0.25) is 5.91 Å². The van der Waals surface area contributed by atoms with Gasteiger partial charge >= 0.3 is 12.1 Å². The number of likely N-dealkylation sites (tertiary alicyclic amines) is 1. The number of rotatable bonds is 12. The summed E-state index contributed by atoms with van der Waals surface area (Å²) >= 11 is 0. The first kappa shape index (κ1) is 34.8. The molecule has 1 unspecified atom stereocenters. The van der Waals surface area contributed by atoms with Crippen LogP contribution < -0.4 is 16.0 Å². The number of fused-ring (bicyclic) bond motifs is 1. The third-order valence-electron chi connectivity index (χ3n) is 8.34. The van der Waals surface area contributed by atoms with Crippen molar-refractivity contribution in [3.63, 3.8) is 0 Å². The summed E-state index contributed by atoms with van der Waals surface area (Å²) in [6.45, 7) is 12.9. The lowest BCUT2D eigenvalue weighted by molar-refractivity contribution is -0.132. The van der Waals surface area contributed by atoms with Crippen LogP contribution in [0.5, 0.6) is 0 Å². The molecule has 250 valence electrons. The number of para-hydroxylation sites is 1. The number of urea groups is 1. The number of anilines is 1. The molecule has 0 saturated carbocycles. The van der Waals surface area contributed by atoms with Crippen LogP contribution in [0.3, 0.4) is 0 Å². The number of nitrogens with one attached hydrogen (secondary N) is 3. The van der Waals surface area contributed by atoms with Crippen molar-refractivity contribution in [2.45, 2.75) is 90.8 Å². The Balaban J connectivity index is 1.50. The van der Waals surface area contributed by atoms with Crippen molar-refractivity contribution in [1.29, 1.82) is 0 Å². The lowest BCUT2D eigenvalue weighted by atomic mass is 9.91. The molecular weight excluding hydrogens is 582 g/mol. The van der Waals surface area contributed by atoms with Crippen molar-refractivity contribution >= 4 is 34.6 Å². The van der Waals surface area contributed by atoms with Gasteiger partial charge in [-0.05, 0) is 89.6 Å². The fourth-order valence-electron chi connectivity index (χ4n) is 6.39. The van der Waals surface area contributed by atoms with Gasteiger partial charge in [-0.15, -0.1) is 0 Å². The standard InChI is InChI=1S/C36H51N5O5/c1-7-37-34(43)38-28-17-15-26(16-18-28)22-29(39-35(44)46-36(3,4)5)23-32(42)40-19-10-12-27(24-40)33-25(2)30-13-8-9-14-31(30)41(33)20-11-21-45-6/h8-9,13-18,27,29H,7,10-12,19-24H2,1-6H3,(H,39,44)(H2,37,38,43)/t27?,29-/m1/s1. The minimum absolute atomic E-state index is 0.0139. The third kappa shape index (κ3) is 9.48. The number of carbonyl (C=O) groups is 3. The van der Waals surface area contributed by atoms with E-state index in [2.05, 4.69) is 51.7 Å². The summed E-state index contributed by atoms with van der Waals surface area (Å²) in [6, 6.07) is 15.2. The average molecular weight is 634 g/mol. The molecule has 1 saturated heterocycles. The maximum atomic E-state index is 13.9. The monoisotopic (exact) mass is 633 g/mol. The Hall–Kier alpha value is -4.05. The Kier molecular flexibility index (Phi) is 12.1. The SMILES string of the molecule is CCNC(=O)Nc1ccc(C[C@H](CC(=O)N2CCCC(c3c(C)c4ccccc4n3CCCOC)C2)NC(=O)OC(C)(C)C)cc1. The molecule has 1 aliphatic heterocycles. The van der Waals surface area contributed by atoms with Crippen LogP contribution in [0, 0.1) is 6.92 Å². The molecule has 10 nitrogen and oxygen atoms in total. The number of hydrogen-bond donors (Lipinski definition) is 3. The Labute approximate surface area is 273 Å². The fraction of sp³-hybridized carbons (Fsp3) is 0.528. The molecular formula is C36H51N5O5. The molecule has 0 aliphatic carbocycles. The van der Waals surface area contributed by atoms with Crippen LogP contribution in [0.25, 0.3) is 10.9 Å². The molecule has 3 N–H and O–H groups in total. The summed E-state index contributed by atoms with van der Waals surface area (Å²) < 4.78 is 13.3. The highest BCUT2D eigenvalue weighted by atomic mass is 16.6. The van der Waals surface area contributed by atoms with Gasteiger partial charge in [0.1, 0.15) is 5.60 Å². The normalized spacial score (nSPS) is 15.8. The second kappa shape index (κ2) is 16.0. The Morgan fingerprint density at radius 2 is 1.80 bits per heavy atom. The molecule has 3 aromatic rings. The number of benzene rings is 2. The molecule has 4 amide bonds. The Bertz CT molecular complexity index is 1480. The smallest absolute Gasteiger partial charge is 0.407 e. The van der Waals surface area contributed by atoms with Crippen molar-refractivity contribution in [2.75, 3.05) is 38.7 Å². The summed E-state index contributed by atoms with van der Waals surface area (Å²) in [4.78, 5) is 40.6. The van der Waals surface area contributed by atoms with Gasteiger partial charge in [0, 0.05) is 80.6 Å². The second-order valence-corrected chi connectivity index (χ2v) is 13.1. The van der Waals surface area contributed by atoms with E-state index in [1.54, 1.807) is 7.11 Å². The maximum Gasteiger partial charge on any atom is 0.407 e. The van der Waals surface area contributed by atoms with Crippen LogP contribution in [-0.4, -0.2) is 72.5 Å². The molecule has 2 aromatic carbocycles. The zero-order valence-electron chi connectivity index (χ0n) is 28.3. The molecule has 0 spiro atoms. The first-order chi connectivity index (χ1) is 22.0. The third-order valence-corrected chi connectivity index (χ3v) is 8.34. The van der Waals surface area contributed by atoms with Crippen LogP contribution in [0.15, 0.2) is 48.5 Å². The minimum Gasteiger partial charge on any atom is -0.444 e. The van der Waals surface area contributed by atoms with E-state index >= 15 is 0 Å². The molecule has 1 aliphatic rings. The molecule has 46 heavy (non-hydrogen) atoms. The summed E-state index contributed by atoms with van der Waals surface area (Å²) in [7, 11) is 1.73. The van der Waals surface area contributed by atoms with E-state index < -0.39 is 17.7 Å². The molecule has 10 heteroatoms. The predicted molar refractivity (Wildman–Crippen MR) is 182 cm³/mol. The number of nitrogens with zero attached hydrogens (tertiary/aromatic N) is 2. The number of piperidine rings is 1. The minimum atomic E-state index is -0.662. The number of hydrogen-bond acceptors (Lipinski definition) is 5. The van der Waals surface area contributed by atoms with E-state index in [1.807, 2.05) is 56.9 Å². The quantitative estimate of drug-likeness (QED) is 0.201. The zero-order valence-corrected chi connectivity index (χ0v) is 28.3. The van der Waals surface area contributed by atoms with Crippen molar-refractivity contribution in [2.24, 2.45) is 0 Å². The number of ether oxygens (including phenoxy) is 2. The van der Waals surface area contributed by atoms with Crippen molar-refractivity contribution in [1.82, 2.24) is 20.1 Å². The number of carbonyl (C=O) groups excluding carboxylic acids is 3. The van der Waals surface area contributed by atoms with Gasteiger partial charge in [-0.1, -0.05) is 30.3 Å². The molecule has 1 fully saturated rings. The number of amides is 4. The van der Waals surface area contributed by atoms with E-state index in [-0.39, 0.29) is 24.3 Å². The van der Waals surface area contributed by atoms with Crippen molar-refractivity contribution in [3.8, 4) is 0 Å². The van der Waals surface area contributed by atoms with E-state index in [0.717, 1.165) is 31.4 Å². The molecule has 0 bridgehead atoms. The van der Waals surface area contributed by atoms with Gasteiger partial charge in [-0.3, -0.25) is 4.79 Å². The lowest BCUT2D eigenvalue weighted by Gasteiger charge is -2.35. The van der Waals surface area contributed by atoms with Crippen LogP contribution in [-0.2, 0) is 27.2 Å². The first-order valence-corrected chi connectivity index (χ1v) is 16.5. The van der Waals surface area contributed by atoms with Gasteiger partial charge in [-0.25, -0.2) is 9.59 Å². The lowest BCUT2D eigenvalue weighted by Crippen LogP contribution is -2.46. The number of methoxy groups -OCH3 is 1. The summed E-state index contributed by atoms with van der Waals surface area (Å²) in [6.07, 6.45) is 2.89. The first-order valence-electron chi connectivity index (χ1n) is 16.5. The van der Waals surface area contributed by atoms with Gasteiger partial charge < -0.3 is 34.9 Å². The van der Waals surface area contributed by atoms with Crippen LogP contribution in [0.2, 0.25) is 0 Å². The van der Waals surface area contributed by atoms with Gasteiger partial charge in [-0.2, -0.15) is 0 Å². The van der Waals surface area contributed by atoms with Gasteiger partial charge in [0.25, 0.3) is 0 Å². The second-order valence-electron chi connectivity index (χ2n) is 13.1. The highest BCUT2D eigenvalue weighted by Gasteiger charge is 2.31. The maximum absolute atomic E-state index is 13.9. The molecule has 0 radical (unpaired) electrons. The number of aromatic nitrogens is 1. The van der Waals surface area contributed by atoms with Gasteiger partial charge in [0.15, 0.2) is 0 Å². The highest BCUT2D eigenvalue weighted by molar-refractivity contribution is 5.89. The molecule has 2 heterocycles. The molecule has 2 atom stereocenters. The number of alkyl carbamates (subject to hydrolysis) is 1. The predicted octanol–water partition coefficient (Wildman–Crippen LogP) is 6.36. The van der Waals surface area contributed by atoms with E-state index in [1.165, 1.54) is 22.2 Å². The van der Waals surface area contributed by atoms with E-state index in [9.17, 15) is 14.4 Å². The fourth-order valence-corrected chi connectivity index (χ4v) is 6.39. The Morgan fingerprint density at radius 1 is 1.07 bits per heavy atom. The zero-order chi connectivity index (χ0) is 33.3. The molecule has 1 aromatic heterocycles. The molecule has 4 rings (SSSR count). The largest absolute Gasteiger partial charge is 0.444 e. The topological polar surface area (TPSA) is 114 Å². The van der Waals surface area contributed by atoms with Crippen molar-refractivity contribution in [3.05, 3.63) is 65.4 Å². The Morgan fingerprint density at radius 3 is 2.50 bits per heavy atom. The van der Waals surface area contributed by atoms with E-state index in [0.29, 0.717) is 38.3 Å².